The molecule has 1 aromatic rings. The summed E-state index contributed by atoms with van der Waals surface area (Å²) in [5.41, 5.74) is -0.350. The average Bonchev–Trinajstić information content (AvgIpc) is 3.39. The number of rotatable bonds is 5. The summed E-state index contributed by atoms with van der Waals surface area (Å²) < 4.78 is 69.4. The molecule has 1 spiro atoms. The first-order chi connectivity index (χ1) is 13.5. The molecule has 1 unspecified atom stereocenters. The number of hydrogen-bond donors (Lipinski definition) is 1. The molecule has 3 heterocycles. The molecule has 1 N–H and O–H groups in total. The van der Waals surface area contributed by atoms with Crippen molar-refractivity contribution in [2.24, 2.45) is 5.92 Å². The van der Waals surface area contributed by atoms with Crippen LogP contribution in [0.2, 0.25) is 0 Å². The molecule has 162 valence electrons. The maximum absolute atomic E-state index is 12.2. The first kappa shape index (κ1) is 21.8. The van der Waals surface area contributed by atoms with Crippen molar-refractivity contribution in [3.05, 3.63) is 24.4 Å². The van der Waals surface area contributed by atoms with Gasteiger partial charge in [0.15, 0.2) is 0 Å². The van der Waals surface area contributed by atoms with Crippen LogP contribution >= 0.6 is 0 Å². The van der Waals surface area contributed by atoms with Gasteiger partial charge in [-0.3, -0.25) is 0 Å². The summed E-state index contributed by atoms with van der Waals surface area (Å²) in [5, 5.41) is 6.98. The lowest BCUT2D eigenvalue weighted by molar-refractivity contribution is -0.192. The molecule has 29 heavy (non-hydrogen) atoms. The number of alkyl halides is 3. The van der Waals surface area contributed by atoms with Crippen molar-refractivity contribution >= 4 is 16.0 Å². The zero-order chi connectivity index (χ0) is 21.3. The summed E-state index contributed by atoms with van der Waals surface area (Å²) >= 11 is 0. The Labute approximate surface area is 165 Å². The zero-order valence-corrected chi connectivity index (χ0v) is 16.2. The number of hydrogen-bond acceptors (Lipinski definition) is 6. The second-order valence-electron chi connectivity index (χ2n) is 7.19. The Morgan fingerprint density at radius 3 is 2.48 bits per heavy atom. The Balaban J connectivity index is 0.000000298. The van der Waals surface area contributed by atoms with Crippen LogP contribution in [0.25, 0.3) is 0 Å². The van der Waals surface area contributed by atoms with Crippen LogP contribution in [0.3, 0.4) is 0 Å². The number of ether oxygens (including phenoxy) is 2. The van der Waals surface area contributed by atoms with Crippen molar-refractivity contribution in [1.29, 1.82) is 0 Å². The molecule has 1 atom stereocenters. The smallest absolute Gasteiger partial charge is 0.477 e. The highest BCUT2D eigenvalue weighted by Crippen LogP contribution is 2.44. The van der Waals surface area contributed by atoms with Gasteiger partial charge < -0.3 is 14.6 Å². The summed E-state index contributed by atoms with van der Waals surface area (Å²) in [7, 11) is -3.08. The van der Waals surface area contributed by atoms with Crippen LogP contribution < -0.4 is 4.74 Å². The lowest BCUT2D eigenvalue weighted by Gasteiger charge is -2.49. The van der Waals surface area contributed by atoms with E-state index >= 15 is 0 Å². The Morgan fingerprint density at radius 2 is 1.97 bits per heavy atom. The van der Waals surface area contributed by atoms with E-state index in [0.29, 0.717) is 32.2 Å². The number of pyridine rings is 1. The molecule has 3 aliphatic rings. The van der Waals surface area contributed by atoms with Gasteiger partial charge in [0.1, 0.15) is 5.60 Å². The van der Waals surface area contributed by atoms with E-state index in [1.807, 2.05) is 18.2 Å². The van der Waals surface area contributed by atoms with E-state index in [0.717, 1.165) is 19.3 Å². The largest absolute Gasteiger partial charge is 0.490 e. The predicted molar refractivity (Wildman–Crippen MR) is 93.7 cm³/mol. The lowest BCUT2D eigenvalue weighted by Crippen LogP contribution is -2.67. The number of carboxylic acids is 1. The molecule has 8 nitrogen and oxygen atoms in total. The van der Waals surface area contributed by atoms with Gasteiger partial charge in [0, 0.05) is 37.9 Å². The highest BCUT2D eigenvalue weighted by molar-refractivity contribution is 7.90. The zero-order valence-electron chi connectivity index (χ0n) is 15.3. The fourth-order valence-electron chi connectivity index (χ4n) is 3.30. The van der Waals surface area contributed by atoms with Gasteiger partial charge in [-0.2, -0.15) is 17.5 Å². The van der Waals surface area contributed by atoms with Crippen molar-refractivity contribution in [2.45, 2.75) is 36.3 Å². The number of aliphatic carboxylic acids is 1. The molecule has 2 saturated heterocycles. The predicted octanol–water partition coefficient (Wildman–Crippen LogP) is 1.68. The Hall–Kier alpha value is -1.92. The van der Waals surface area contributed by atoms with Gasteiger partial charge in [-0.1, -0.05) is 6.07 Å². The second kappa shape index (κ2) is 8.07. The van der Waals surface area contributed by atoms with E-state index in [2.05, 4.69) is 4.98 Å². The second-order valence-corrected chi connectivity index (χ2v) is 9.41. The minimum absolute atomic E-state index is 0.144. The van der Waals surface area contributed by atoms with Gasteiger partial charge >= 0.3 is 12.1 Å². The third-order valence-electron chi connectivity index (χ3n) is 5.11. The van der Waals surface area contributed by atoms with Crippen molar-refractivity contribution in [2.75, 3.05) is 26.3 Å². The van der Waals surface area contributed by atoms with E-state index < -0.39 is 22.2 Å². The summed E-state index contributed by atoms with van der Waals surface area (Å²) in [6, 6.07) is 5.56. The van der Waals surface area contributed by atoms with Crippen LogP contribution in [0.4, 0.5) is 13.2 Å². The minimum atomic E-state index is -5.08. The minimum Gasteiger partial charge on any atom is -0.477 e. The van der Waals surface area contributed by atoms with Crippen LogP contribution in [0, 0.1) is 5.92 Å². The highest BCUT2D eigenvalue weighted by atomic mass is 32.2. The first-order valence-corrected chi connectivity index (χ1v) is 10.5. The molecular weight excluding hydrogens is 417 g/mol. The lowest BCUT2D eigenvalue weighted by atomic mass is 9.83. The standard InChI is InChI=1S/C15H20N2O4S.C2HF3O2/c18-22(19,13-4-5-13)17-10-15(11-17)12(6-8-21-15)9-20-14-3-1-2-7-16-14;3-2(4,5)1(6)7/h1-3,7,12-13H,4-6,8-11H2;(H,6,7). The monoisotopic (exact) mass is 438 g/mol. The highest BCUT2D eigenvalue weighted by Gasteiger charge is 2.58. The number of nitrogens with zero attached hydrogens (tertiary/aromatic N) is 2. The van der Waals surface area contributed by atoms with Crippen LogP contribution in [-0.4, -0.2) is 72.1 Å². The SMILES string of the molecule is O=C(O)C(F)(F)F.O=S(=O)(C1CC1)N1CC2(C1)OCCC2COc1ccccn1. The summed E-state index contributed by atoms with van der Waals surface area (Å²) in [4.78, 5) is 13.0. The third-order valence-corrected chi connectivity index (χ3v) is 7.40. The average molecular weight is 438 g/mol. The van der Waals surface area contributed by atoms with Crippen molar-refractivity contribution in [1.82, 2.24) is 9.29 Å². The molecule has 3 fully saturated rings. The fourth-order valence-corrected chi connectivity index (χ4v) is 5.25. The van der Waals surface area contributed by atoms with Crippen LogP contribution in [0.15, 0.2) is 24.4 Å². The van der Waals surface area contributed by atoms with Crippen LogP contribution in [0.5, 0.6) is 5.88 Å². The Bertz CT molecular complexity index is 823. The Morgan fingerprint density at radius 1 is 1.31 bits per heavy atom. The van der Waals surface area contributed by atoms with Gasteiger partial charge in [0.25, 0.3) is 0 Å². The molecule has 1 aromatic heterocycles. The molecule has 12 heteroatoms. The van der Waals surface area contributed by atoms with E-state index in [1.54, 1.807) is 10.5 Å². The number of sulfonamides is 1. The molecule has 0 amide bonds. The molecule has 0 radical (unpaired) electrons. The van der Waals surface area contributed by atoms with Gasteiger partial charge in [-0.15, -0.1) is 0 Å². The van der Waals surface area contributed by atoms with E-state index in [4.69, 9.17) is 19.4 Å². The van der Waals surface area contributed by atoms with Gasteiger partial charge in [0.05, 0.1) is 11.9 Å². The van der Waals surface area contributed by atoms with Gasteiger partial charge in [-0.05, 0) is 25.3 Å². The van der Waals surface area contributed by atoms with Crippen molar-refractivity contribution < 1.29 is 41.0 Å². The van der Waals surface area contributed by atoms with Crippen molar-refractivity contribution in [3.8, 4) is 5.88 Å². The van der Waals surface area contributed by atoms with Crippen LogP contribution in [-0.2, 0) is 19.6 Å². The van der Waals surface area contributed by atoms with Crippen molar-refractivity contribution in [3.63, 3.8) is 0 Å². The van der Waals surface area contributed by atoms with E-state index in [9.17, 15) is 21.6 Å². The number of aromatic nitrogens is 1. The summed E-state index contributed by atoms with van der Waals surface area (Å²) in [6.07, 6.45) is -0.870. The normalized spacial score (nSPS) is 23.8. The molecule has 4 rings (SSSR count). The quantitative estimate of drug-likeness (QED) is 0.746. The number of carboxylic acid groups (broad SMARTS) is 1. The number of halogens is 3. The first-order valence-electron chi connectivity index (χ1n) is 9.01. The maximum Gasteiger partial charge on any atom is 0.490 e. The maximum atomic E-state index is 12.2. The third kappa shape index (κ3) is 4.98. The summed E-state index contributed by atoms with van der Waals surface area (Å²) in [5.74, 6) is -1.93. The van der Waals surface area contributed by atoms with Gasteiger partial charge in [0.2, 0.25) is 15.9 Å². The van der Waals surface area contributed by atoms with Gasteiger partial charge in [-0.25, -0.2) is 18.2 Å². The van der Waals surface area contributed by atoms with E-state index in [-0.39, 0.29) is 16.8 Å². The number of carbonyl (C=O) groups is 1. The topological polar surface area (TPSA) is 106 Å². The van der Waals surface area contributed by atoms with Crippen LogP contribution in [0.1, 0.15) is 19.3 Å². The molecule has 1 saturated carbocycles. The van der Waals surface area contributed by atoms with E-state index in [1.165, 1.54) is 0 Å². The molecule has 1 aliphatic carbocycles. The summed E-state index contributed by atoms with van der Waals surface area (Å²) in [6.45, 7) is 2.14. The molecular formula is C17H21F3N2O6S. The Kier molecular flexibility index (Phi) is 6.06. The molecule has 0 aromatic carbocycles. The fraction of sp³-hybridized carbons (Fsp3) is 0.647. The molecule has 0 bridgehead atoms. The molecule has 2 aliphatic heterocycles.